The van der Waals surface area contributed by atoms with E-state index in [2.05, 4.69) is 5.32 Å². The first kappa shape index (κ1) is 14.9. The summed E-state index contributed by atoms with van der Waals surface area (Å²) in [5.41, 5.74) is 0.735. The van der Waals surface area contributed by atoms with Crippen molar-refractivity contribution in [1.82, 2.24) is 5.32 Å². The van der Waals surface area contributed by atoms with Crippen LogP contribution in [0.2, 0.25) is 0 Å². The summed E-state index contributed by atoms with van der Waals surface area (Å²) in [6.45, 7) is 1.87. The molecule has 6 nitrogen and oxygen atoms in total. The molecular formula is C17H15NO5. The Morgan fingerprint density at radius 2 is 1.96 bits per heavy atom. The minimum absolute atomic E-state index is 0.122. The summed E-state index contributed by atoms with van der Waals surface area (Å²) in [6, 6.07) is 12.3. The van der Waals surface area contributed by atoms with Gasteiger partial charge in [-0.05, 0) is 31.2 Å². The Morgan fingerprint density at radius 1 is 1.17 bits per heavy atom. The number of carbonyl (C=O) groups is 2. The molecule has 118 valence electrons. The molecule has 0 radical (unpaired) electrons. The summed E-state index contributed by atoms with van der Waals surface area (Å²) in [5, 5.41) is 12.4. The molecule has 0 aliphatic rings. The SMILES string of the molecule is CC(C(=O)NCc1ccc(C(=O)O)o1)c1cc2ccccc2o1. The van der Waals surface area contributed by atoms with Gasteiger partial charge in [-0.25, -0.2) is 4.79 Å². The fraction of sp³-hybridized carbons (Fsp3) is 0.176. The highest BCUT2D eigenvalue weighted by molar-refractivity contribution is 5.85. The molecule has 1 atom stereocenters. The third-order valence-electron chi connectivity index (χ3n) is 3.57. The fourth-order valence-electron chi connectivity index (χ4n) is 2.26. The molecule has 1 unspecified atom stereocenters. The molecule has 23 heavy (non-hydrogen) atoms. The maximum absolute atomic E-state index is 12.2. The number of hydrogen-bond donors (Lipinski definition) is 2. The number of carboxylic acids is 1. The first-order valence-corrected chi connectivity index (χ1v) is 7.13. The molecule has 0 saturated carbocycles. The lowest BCUT2D eigenvalue weighted by molar-refractivity contribution is -0.122. The van der Waals surface area contributed by atoms with E-state index in [-0.39, 0.29) is 18.2 Å². The van der Waals surface area contributed by atoms with Gasteiger partial charge < -0.3 is 19.3 Å². The fourth-order valence-corrected chi connectivity index (χ4v) is 2.26. The van der Waals surface area contributed by atoms with Crippen LogP contribution in [0.1, 0.15) is 34.9 Å². The Kier molecular flexibility index (Phi) is 3.89. The van der Waals surface area contributed by atoms with E-state index in [1.54, 1.807) is 6.92 Å². The van der Waals surface area contributed by atoms with Crippen molar-refractivity contribution >= 4 is 22.8 Å². The Labute approximate surface area is 131 Å². The number of rotatable bonds is 5. The maximum Gasteiger partial charge on any atom is 0.371 e. The largest absolute Gasteiger partial charge is 0.475 e. The number of carbonyl (C=O) groups excluding carboxylic acids is 1. The number of fused-ring (bicyclic) bond motifs is 1. The molecule has 0 aliphatic heterocycles. The van der Waals surface area contributed by atoms with E-state index < -0.39 is 11.9 Å². The molecule has 0 spiro atoms. The van der Waals surface area contributed by atoms with Crippen LogP contribution in [0.4, 0.5) is 0 Å². The first-order valence-electron chi connectivity index (χ1n) is 7.13. The van der Waals surface area contributed by atoms with Crippen LogP contribution in [0.15, 0.2) is 51.3 Å². The van der Waals surface area contributed by atoms with Crippen LogP contribution in [0.3, 0.4) is 0 Å². The monoisotopic (exact) mass is 313 g/mol. The van der Waals surface area contributed by atoms with E-state index in [1.165, 1.54) is 12.1 Å². The van der Waals surface area contributed by atoms with Gasteiger partial charge >= 0.3 is 5.97 Å². The molecule has 0 bridgehead atoms. The zero-order chi connectivity index (χ0) is 16.4. The third kappa shape index (κ3) is 3.11. The Morgan fingerprint density at radius 3 is 2.65 bits per heavy atom. The Balaban J connectivity index is 1.66. The minimum Gasteiger partial charge on any atom is -0.475 e. The molecule has 0 aliphatic carbocycles. The van der Waals surface area contributed by atoms with E-state index in [9.17, 15) is 9.59 Å². The smallest absolute Gasteiger partial charge is 0.371 e. The van der Waals surface area contributed by atoms with Gasteiger partial charge in [-0.15, -0.1) is 0 Å². The second-order valence-electron chi connectivity index (χ2n) is 5.20. The van der Waals surface area contributed by atoms with E-state index in [1.807, 2.05) is 30.3 Å². The van der Waals surface area contributed by atoms with Crippen molar-refractivity contribution in [2.45, 2.75) is 19.4 Å². The van der Waals surface area contributed by atoms with Crippen LogP contribution >= 0.6 is 0 Å². The highest BCUT2D eigenvalue weighted by atomic mass is 16.4. The summed E-state index contributed by atoms with van der Waals surface area (Å²) in [7, 11) is 0. The van der Waals surface area contributed by atoms with E-state index >= 15 is 0 Å². The van der Waals surface area contributed by atoms with Gasteiger partial charge in [0.05, 0.1) is 12.5 Å². The lowest BCUT2D eigenvalue weighted by Gasteiger charge is -2.08. The number of furan rings is 2. The zero-order valence-corrected chi connectivity index (χ0v) is 12.4. The molecular weight excluding hydrogens is 298 g/mol. The second kappa shape index (κ2) is 6.00. The van der Waals surface area contributed by atoms with Crippen LogP contribution < -0.4 is 5.32 Å². The standard InChI is InChI=1S/C17H15NO5/c1-10(15-8-11-4-2-3-5-13(11)23-15)16(19)18-9-12-6-7-14(22-12)17(20)21/h2-8,10H,9H2,1H3,(H,18,19)(H,20,21). The number of aromatic carboxylic acids is 1. The summed E-state index contributed by atoms with van der Waals surface area (Å²) in [6.07, 6.45) is 0. The average Bonchev–Trinajstić information content (AvgIpc) is 3.18. The number of para-hydroxylation sites is 1. The van der Waals surface area contributed by atoms with Gasteiger partial charge in [-0.2, -0.15) is 0 Å². The average molecular weight is 313 g/mol. The number of amides is 1. The summed E-state index contributed by atoms with van der Waals surface area (Å²) < 4.78 is 10.8. The molecule has 2 heterocycles. The van der Waals surface area contributed by atoms with E-state index in [4.69, 9.17) is 13.9 Å². The van der Waals surface area contributed by atoms with E-state index in [0.29, 0.717) is 11.5 Å². The normalized spacial score (nSPS) is 12.2. The third-order valence-corrected chi connectivity index (χ3v) is 3.57. The summed E-state index contributed by atoms with van der Waals surface area (Å²) >= 11 is 0. The van der Waals surface area contributed by atoms with Crippen LogP contribution in [-0.4, -0.2) is 17.0 Å². The second-order valence-corrected chi connectivity index (χ2v) is 5.20. The maximum atomic E-state index is 12.2. The summed E-state index contributed by atoms with van der Waals surface area (Å²) in [5.74, 6) is -1.02. The van der Waals surface area contributed by atoms with Crippen LogP contribution in [0.5, 0.6) is 0 Å². The first-order chi connectivity index (χ1) is 11.0. The lowest BCUT2D eigenvalue weighted by atomic mass is 10.1. The van der Waals surface area contributed by atoms with Crippen LogP contribution in [0, 0.1) is 0 Å². The molecule has 1 amide bonds. The predicted octanol–water partition coefficient (Wildman–Crippen LogP) is 3.14. The topological polar surface area (TPSA) is 92.7 Å². The molecule has 0 saturated heterocycles. The number of benzene rings is 1. The van der Waals surface area contributed by atoms with Gasteiger partial charge in [0.1, 0.15) is 17.1 Å². The molecule has 3 rings (SSSR count). The zero-order valence-electron chi connectivity index (χ0n) is 12.4. The molecule has 2 aromatic heterocycles. The number of carboxylic acid groups (broad SMARTS) is 1. The molecule has 6 heteroatoms. The number of nitrogens with one attached hydrogen (secondary N) is 1. The van der Waals surface area contributed by atoms with Crippen LogP contribution in [0.25, 0.3) is 11.0 Å². The van der Waals surface area contributed by atoms with Gasteiger partial charge in [0.15, 0.2) is 0 Å². The Hall–Kier alpha value is -3.02. The molecule has 1 aromatic carbocycles. The quantitative estimate of drug-likeness (QED) is 0.755. The predicted molar refractivity (Wildman–Crippen MR) is 82.1 cm³/mol. The van der Waals surface area contributed by atoms with Crippen molar-refractivity contribution in [3.63, 3.8) is 0 Å². The molecule has 0 fully saturated rings. The van der Waals surface area contributed by atoms with Gasteiger partial charge in [-0.3, -0.25) is 4.79 Å². The van der Waals surface area contributed by atoms with Gasteiger partial charge in [0.2, 0.25) is 11.7 Å². The number of hydrogen-bond acceptors (Lipinski definition) is 4. The summed E-state index contributed by atoms with van der Waals surface area (Å²) in [4.78, 5) is 22.9. The van der Waals surface area contributed by atoms with Crippen molar-refractivity contribution in [2.24, 2.45) is 0 Å². The van der Waals surface area contributed by atoms with Gasteiger partial charge in [0, 0.05) is 5.39 Å². The molecule has 2 N–H and O–H groups in total. The van der Waals surface area contributed by atoms with Crippen molar-refractivity contribution < 1.29 is 23.5 Å². The van der Waals surface area contributed by atoms with Crippen molar-refractivity contribution in [1.29, 1.82) is 0 Å². The van der Waals surface area contributed by atoms with Gasteiger partial charge in [0.25, 0.3) is 0 Å². The van der Waals surface area contributed by atoms with Crippen molar-refractivity contribution in [3.05, 3.63) is 59.7 Å². The van der Waals surface area contributed by atoms with Crippen LogP contribution in [-0.2, 0) is 11.3 Å². The van der Waals surface area contributed by atoms with Crippen molar-refractivity contribution in [3.8, 4) is 0 Å². The molecule has 3 aromatic rings. The minimum atomic E-state index is -1.14. The van der Waals surface area contributed by atoms with E-state index in [0.717, 1.165) is 11.0 Å². The highest BCUT2D eigenvalue weighted by Gasteiger charge is 2.19. The van der Waals surface area contributed by atoms with Gasteiger partial charge in [-0.1, -0.05) is 18.2 Å². The lowest BCUT2D eigenvalue weighted by Crippen LogP contribution is -2.27. The van der Waals surface area contributed by atoms with Crippen molar-refractivity contribution in [2.75, 3.05) is 0 Å². The Bertz CT molecular complexity index is 828. The highest BCUT2D eigenvalue weighted by Crippen LogP contribution is 2.25.